The monoisotopic (exact) mass is 342 g/mol. The van der Waals surface area contributed by atoms with E-state index < -0.39 is 17.7 Å². The largest absolute Gasteiger partial charge is 0.463 e. The highest BCUT2D eigenvalue weighted by Crippen LogP contribution is 2.13. The van der Waals surface area contributed by atoms with E-state index in [4.69, 9.17) is 9.47 Å². The van der Waals surface area contributed by atoms with Crippen LogP contribution in [0, 0.1) is 11.2 Å². The highest BCUT2D eigenvalue weighted by molar-refractivity contribution is 14.2. The van der Waals surface area contributed by atoms with Gasteiger partial charge in [0.2, 0.25) is 6.10 Å². The molecule has 3 nitrogen and oxygen atoms in total. The summed E-state index contributed by atoms with van der Waals surface area (Å²) < 4.78 is 10.4. The van der Waals surface area contributed by atoms with E-state index in [-0.39, 0.29) is 0 Å². The topological polar surface area (TPSA) is 35.5 Å². The average Bonchev–Trinajstić information content (AvgIpc) is 2.10. The Balaban J connectivity index is 4.51. The SMILES string of the molecule is CCOC(=O)[C@H](C#CSI)OC(C)(C)C. The maximum absolute atomic E-state index is 11.5. The Morgan fingerprint density at radius 1 is 1.53 bits per heavy atom. The van der Waals surface area contributed by atoms with Gasteiger partial charge in [0, 0.05) is 21.2 Å². The number of halogens is 1. The van der Waals surface area contributed by atoms with Crippen LogP contribution in [0.5, 0.6) is 0 Å². The molecule has 5 heteroatoms. The molecule has 0 aliphatic heterocycles. The molecule has 0 rings (SSSR count). The molecule has 0 bridgehead atoms. The molecule has 0 aliphatic rings. The first-order valence-corrected chi connectivity index (χ1v) is 7.89. The average molecular weight is 342 g/mol. The van der Waals surface area contributed by atoms with E-state index in [0.29, 0.717) is 6.61 Å². The number of carbonyl (C=O) groups is 1. The summed E-state index contributed by atoms with van der Waals surface area (Å²) in [6.45, 7) is 7.71. The highest BCUT2D eigenvalue weighted by Gasteiger charge is 2.24. The Hall–Kier alpha value is 0.0700. The minimum Gasteiger partial charge on any atom is -0.463 e. The molecule has 15 heavy (non-hydrogen) atoms. The molecule has 0 saturated carbocycles. The van der Waals surface area contributed by atoms with Crippen LogP contribution in [0.4, 0.5) is 0 Å². The quantitative estimate of drug-likeness (QED) is 0.449. The highest BCUT2D eigenvalue weighted by atomic mass is 127. The molecule has 0 unspecified atom stereocenters. The normalized spacial score (nSPS) is 12.6. The van der Waals surface area contributed by atoms with Gasteiger partial charge < -0.3 is 9.47 Å². The van der Waals surface area contributed by atoms with Gasteiger partial charge >= 0.3 is 5.97 Å². The second-order valence-corrected chi connectivity index (χ2v) is 5.37. The first kappa shape index (κ1) is 15.1. The molecule has 0 aliphatic carbocycles. The molecular formula is C10H15IO3S. The number of hydrogen-bond acceptors (Lipinski definition) is 4. The van der Waals surface area contributed by atoms with Crippen molar-refractivity contribution in [1.82, 2.24) is 0 Å². The minimum absolute atomic E-state index is 0.335. The summed E-state index contributed by atoms with van der Waals surface area (Å²) in [5, 5.41) is 2.74. The van der Waals surface area contributed by atoms with Crippen molar-refractivity contribution in [2.75, 3.05) is 6.61 Å². The number of esters is 1. The molecule has 0 N–H and O–H groups in total. The third kappa shape index (κ3) is 7.94. The number of hydrogen-bond donors (Lipinski definition) is 0. The van der Waals surface area contributed by atoms with Crippen molar-refractivity contribution in [3.05, 3.63) is 0 Å². The predicted molar refractivity (Wildman–Crippen MR) is 70.6 cm³/mol. The number of rotatable bonds is 3. The van der Waals surface area contributed by atoms with Crippen LogP contribution in [0.15, 0.2) is 0 Å². The summed E-state index contributed by atoms with van der Waals surface area (Å²) >= 11 is 2.04. The molecule has 0 spiro atoms. The fraction of sp³-hybridized carbons (Fsp3) is 0.700. The Morgan fingerprint density at radius 3 is 2.53 bits per heavy atom. The first-order chi connectivity index (χ1) is 6.90. The summed E-state index contributed by atoms with van der Waals surface area (Å²) in [6.07, 6.45) is -0.799. The maximum Gasteiger partial charge on any atom is 0.347 e. The van der Waals surface area contributed by atoms with E-state index in [1.54, 1.807) is 6.92 Å². The van der Waals surface area contributed by atoms with Gasteiger partial charge in [0.1, 0.15) is 0 Å². The Bertz CT molecular complexity index is 262. The number of carbonyl (C=O) groups excluding carboxylic acids is 1. The van der Waals surface area contributed by atoms with Crippen LogP contribution in [0.2, 0.25) is 0 Å². The molecule has 86 valence electrons. The zero-order valence-corrected chi connectivity index (χ0v) is 12.3. The summed E-state index contributed by atoms with van der Waals surface area (Å²) in [4.78, 5) is 11.5. The molecule has 0 saturated heterocycles. The van der Waals surface area contributed by atoms with Gasteiger partial charge in [-0.05, 0) is 47.8 Å². The van der Waals surface area contributed by atoms with Gasteiger partial charge in [-0.15, -0.1) is 0 Å². The standard InChI is InChI=1S/C10H15IO3S/c1-5-13-9(12)8(6-7-15-11)14-10(2,3)4/h8H,5H2,1-4H3/t8-/m0/s1. The van der Waals surface area contributed by atoms with E-state index in [9.17, 15) is 4.79 Å². The van der Waals surface area contributed by atoms with Crippen molar-refractivity contribution in [2.24, 2.45) is 0 Å². The predicted octanol–water partition coefficient (Wildman–Crippen LogP) is 2.78. The van der Waals surface area contributed by atoms with Crippen LogP contribution in [0.1, 0.15) is 27.7 Å². The fourth-order valence-electron chi connectivity index (χ4n) is 0.784. The third-order valence-electron chi connectivity index (χ3n) is 1.20. The Labute approximate surface area is 107 Å². The molecule has 0 radical (unpaired) electrons. The van der Waals surface area contributed by atoms with Crippen molar-refractivity contribution in [3.8, 4) is 11.2 Å². The lowest BCUT2D eigenvalue weighted by Crippen LogP contribution is -2.33. The van der Waals surface area contributed by atoms with Crippen molar-refractivity contribution in [2.45, 2.75) is 39.4 Å². The molecule has 0 aromatic rings. The van der Waals surface area contributed by atoms with E-state index in [0.717, 1.165) is 0 Å². The van der Waals surface area contributed by atoms with Crippen molar-refractivity contribution in [3.63, 3.8) is 0 Å². The fourth-order valence-corrected chi connectivity index (χ4v) is 1.32. The first-order valence-electron chi connectivity index (χ1n) is 4.53. The summed E-state index contributed by atoms with van der Waals surface area (Å²) in [5.41, 5.74) is -0.415. The van der Waals surface area contributed by atoms with Crippen LogP contribution in [-0.2, 0) is 14.3 Å². The van der Waals surface area contributed by atoms with Crippen molar-refractivity contribution >= 4 is 36.1 Å². The van der Waals surface area contributed by atoms with E-state index >= 15 is 0 Å². The van der Waals surface area contributed by atoms with Crippen LogP contribution < -0.4 is 0 Å². The molecule has 0 aromatic carbocycles. The smallest absolute Gasteiger partial charge is 0.347 e. The summed E-state index contributed by atoms with van der Waals surface area (Å²) in [6, 6.07) is 0. The summed E-state index contributed by atoms with van der Waals surface area (Å²) in [7, 11) is 1.31. The van der Waals surface area contributed by atoms with Crippen LogP contribution in [-0.4, -0.2) is 24.3 Å². The zero-order chi connectivity index (χ0) is 11.9. The third-order valence-corrected chi connectivity index (χ3v) is 2.06. The van der Waals surface area contributed by atoms with Crippen LogP contribution in [0.25, 0.3) is 0 Å². The van der Waals surface area contributed by atoms with E-state index in [2.05, 4.69) is 11.2 Å². The van der Waals surface area contributed by atoms with E-state index in [1.165, 1.54) is 8.93 Å². The molecular weight excluding hydrogens is 327 g/mol. The van der Waals surface area contributed by atoms with Gasteiger partial charge in [-0.1, -0.05) is 0 Å². The van der Waals surface area contributed by atoms with Crippen LogP contribution >= 0.6 is 30.1 Å². The molecule has 0 heterocycles. The van der Waals surface area contributed by atoms with Crippen molar-refractivity contribution in [1.29, 1.82) is 0 Å². The van der Waals surface area contributed by atoms with Gasteiger partial charge in [0.05, 0.1) is 12.2 Å². The molecule has 1 atom stereocenters. The van der Waals surface area contributed by atoms with E-state index in [1.807, 2.05) is 42.0 Å². The number of ether oxygens (including phenoxy) is 2. The Morgan fingerprint density at radius 2 is 2.13 bits per heavy atom. The lowest BCUT2D eigenvalue weighted by molar-refractivity contribution is -0.159. The maximum atomic E-state index is 11.5. The zero-order valence-electron chi connectivity index (χ0n) is 9.30. The van der Waals surface area contributed by atoms with Gasteiger partial charge in [-0.3, -0.25) is 0 Å². The van der Waals surface area contributed by atoms with Gasteiger partial charge in [-0.2, -0.15) is 0 Å². The minimum atomic E-state index is -0.799. The molecule has 0 amide bonds. The van der Waals surface area contributed by atoms with Crippen molar-refractivity contribution < 1.29 is 14.3 Å². The van der Waals surface area contributed by atoms with Crippen LogP contribution in [0.3, 0.4) is 0 Å². The van der Waals surface area contributed by atoms with Gasteiger partial charge in [-0.25, -0.2) is 4.79 Å². The molecule has 0 fully saturated rings. The van der Waals surface area contributed by atoms with Gasteiger partial charge in [0.25, 0.3) is 0 Å². The lowest BCUT2D eigenvalue weighted by Gasteiger charge is -2.22. The Kier molecular flexibility index (Phi) is 7.40. The van der Waals surface area contributed by atoms with Gasteiger partial charge in [0.15, 0.2) is 0 Å². The lowest BCUT2D eigenvalue weighted by atomic mass is 10.2. The second-order valence-electron chi connectivity index (χ2n) is 3.69. The summed E-state index contributed by atoms with van der Waals surface area (Å²) in [5.74, 6) is 2.29. The molecule has 0 aromatic heterocycles. The second kappa shape index (κ2) is 7.36.